The molecule has 1 aliphatic rings. The van der Waals surface area contributed by atoms with Crippen molar-refractivity contribution in [1.82, 2.24) is 10.2 Å². The van der Waals surface area contributed by atoms with Crippen LogP contribution >= 0.6 is 23.2 Å². The standard InChI is InChI=1S/C30H32Cl2N4O5S/c1-5-36(6-2)29(39)35-30(19-11-7-8-12-20(19)31)26-23(34-28(30)38)16-15-21(32)27(26)42(40,41)24-14-10-9-13-22(24)33-25(37)17-18(3)4/h7-16,18H,5-6,17H2,1-4H3,(H,33,37)(H,34,38)(H,35,39). The smallest absolute Gasteiger partial charge is 0.318 e. The van der Waals surface area contributed by atoms with Crippen LogP contribution in [0.15, 0.2) is 70.5 Å². The van der Waals surface area contributed by atoms with Crippen LogP contribution in [-0.4, -0.2) is 44.3 Å². The molecule has 9 nitrogen and oxygen atoms in total. The molecular weight excluding hydrogens is 599 g/mol. The van der Waals surface area contributed by atoms with E-state index in [0.717, 1.165) is 0 Å². The highest BCUT2D eigenvalue weighted by Crippen LogP contribution is 2.50. The molecule has 1 atom stereocenters. The lowest BCUT2D eigenvalue weighted by atomic mass is 9.83. The predicted molar refractivity (Wildman–Crippen MR) is 164 cm³/mol. The highest BCUT2D eigenvalue weighted by Gasteiger charge is 2.54. The van der Waals surface area contributed by atoms with Crippen molar-refractivity contribution in [2.75, 3.05) is 23.7 Å². The molecule has 42 heavy (non-hydrogen) atoms. The van der Waals surface area contributed by atoms with Gasteiger partial charge >= 0.3 is 6.03 Å². The Kier molecular flexibility index (Phi) is 9.20. The summed E-state index contributed by atoms with van der Waals surface area (Å²) in [6.07, 6.45) is 0.182. The fourth-order valence-corrected chi connectivity index (χ4v) is 7.55. The second kappa shape index (κ2) is 12.3. The van der Waals surface area contributed by atoms with Crippen molar-refractivity contribution in [2.45, 2.75) is 49.4 Å². The second-order valence-corrected chi connectivity index (χ2v) is 12.9. The van der Waals surface area contributed by atoms with Crippen molar-refractivity contribution in [2.24, 2.45) is 5.92 Å². The average molecular weight is 632 g/mol. The summed E-state index contributed by atoms with van der Waals surface area (Å²) >= 11 is 13.3. The maximum atomic E-state index is 14.6. The van der Waals surface area contributed by atoms with Crippen molar-refractivity contribution in [3.8, 4) is 0 Å². The van der Waals surface area contributed by atoms with Crippen molar-refractivity contribution in [3.63, 3.8) is 0 Å². The van der Waals surface area contributed by atoms with Gasteiger partial charge in [-0.15, -0.1) is 0 Å². The van der Waals surface area contributed by atoms with E-state index in [1.165, 1.54) is 35.2 Å². The normalized spacial score (nSPS) is 16.1. The van der Waals surface area contributed by atoms with E-state index in [0.29, 0.717) is 13.1 Å². The number of halogens is 2. The predicted octanol–water partition coefficient (Wildman–Crippen LogP) is 6.06. The molecule has 3 N–H and O–H groups in total. The zero-order chi connectivity index (χ0) is 30.8. The number of para-hydroxylation sites is 1. The lowest BCUT2D eigenvalue weighted by Crippen LogP contribution is -2.56. The number of urea groups is 1. The van der Waals surface area contributed by atoms with Crippen LogP contribution in [0.5, 0.6) is 0 Å². The van der Waals surface area contributed by atoms with E-state index in [9.17, 15) is 22.8 Å². The third-order valence-electron chi connectivity index (χ3n) is 7.01. The Labute approximate surface area is 255 Å². The Bertz CT molecular complexity index is 1660. The number of amides is 4. The van der Waals surface area contributed by atoms with E-state index in [1.54, 1.807) is 44.2 Å². The number of sulfone groups is 1. The van der Waals surface area contributed by atoms with Crippen molar-refractivity contribution >= 4 is 62.3 Å². The molecular formula is C30H32Cl2N4O5S. The Morgan fingerprint density at radius 2 is 1.60 bits per heavy atom. The molecule has 4 rings (SSSR count). The Balaban J connectivity index is 2.02. The first-order valence-corrected chi connectivity index (χ1v) is 15.7. The quantitative estimate of drug-likeness (QED) is 0.265. The molecule has 1 unspecified atom stereocenters. The van der Waals surface area contributed by atoms with Crippen LogP contribution in [0.4, 0.5) is 16.2 Å². The van der Waals surface area contributed by atoms with Crippen LogP contribution < -0.4 is 16.0 Å². The molecule has 0 spiro atoms. The van der Waals surface area contributed by atoms with Gasteiger partial charge in [0.25, 0.3) is 5.91 Å². The number of carbonyl (C=O) groups is 3. The first kappa shape index (κ1) is 31.3. The number of nitrogens with one attached hydrogen (secondary N) is 3. The number of anilines is 2. The maximum absolute atomic E-state index is 14.6. The number of hydrogen-bond acceptors (Lipinski definition) is 5. The van der Waals surface area contributed by atoms with Crippen LogP contribution in [0.1, 0.15) is 45.2 Å². The van der Waals surface area contributed by atoms with E-state index in [4.69, 9.17) is 23.2 Å². The molecule has 0 radical (unpaired) electrons. The number of carbonyl (C=O) groups excluding carboxylic acids is 3. The van der Waals surface area contributed by atoms with Gasteiger partial charge in [-0.2, -0.15) is 0 Å². The highest BCUT2D eigenvalue weighted by atomic mass is 35.5. The number of hydrogen-bond donors (Lipinski definition) is 3. The van der Waals surface area contributed by atoms with Crippen LogP contribution in [-0.2, 0) is 25.0 Å². The molecule has 3 aromatic carbocycles. The SMILES string of the molecule is CCN(CC)C(=O)NC1(c2ccccc2Cl)C(=O)Nc2ccc(Cl)c(S(=O)(=O)c3ccccc3NC(=O)CC(C)C)c21. The van der Waals surface area contributed by atoms with Gasteiger partial charge in [-0.05, 0) is 50.1 Å². The molecule has 3 aromatic rings. The Morgan fingerprint density at radius 3 is 2.24 bits per heavy atom. The fraction of sp³-hybridized carbons (Fsp3) is 0.300. The van der Waals surface area contributed by atoms with Gasteiger partial charge in [0.2, 0.25) is 15.7 Å². The van der Waals surface area contributed by atoms with E-state index < -0.39 is 32.2 Å². The molecule has 222 valence electrons. The van der Waals surface area contributed by atoms with Crippen LogP contribution in [0.2, 0.25) is 10.0 Å². The zero-order valence-corrected chi connectivity index (χ0v) is 26.0. The highest BCUT2D eigenvalue weighted by molar-refractivity contribution is 7.91. The monoisotopic (exact) mass is 630 g/mol. The lowest BCUT2D eigenvalue weighted by Gasteiger charge is -2.34. The molecule has 0 bridgehead atoms. The van der Waals surface area contributed by atoms with E-state index in [-0.39, 0.29) is 55.7 Å². The molecule has 4 amide bonds. The Morgan fingerprint density at radius 1 is 0.952 bits per heavy atom. The van der Waals surface area contributed by atoms with Gasteiger partial charge in [-0.1, -0.05) is 67.4 Å². The molecule has 0 fully saturated rings. The van der Waals surface area contributed by atoms with Crippen LogP contribution in [0, 0.1) is 5.92 Å². The topological polar surface area (TPSA) is 125 Å². The van der Waals surface area contributed by atoms with Gasteiger partial charge in [-0.25, -0.2) is 13.2 Å². The third kappa shape index (κ3) is 5.58. The maximum Gasteiger partial charge on any atom is 0.318 e. The first-order valence-electron chi connectivity index (χ1n) is 13.5. The fourth-order valence-electron chi connectivity index (χ4n) is 5.07. The second-order valence-electron chi connectivity index (χ2n) is 10.2. The average Bonchev–Trinajstić information content (AvgIpc) is 3.20. The van der Waals surface area contributed by atoms with Gasteiger partial charge in [0, 0.05) is 41.3 Å². The summed E-state index contributed by atoms with van der Waals surface area (Å²) in [7, 11) is -4.53. The van der Waals surface area contributed by atoms with Crippen LogP contribution in [0.25, 0.3) is 0 Å². The summed E-state index contributed by atoms with van der Waals surface area (Å²) in [5.41, 5.74) is -1.76. The molecule has 0 aromatic heterocycles. The molecule has 12 heteroatoms. The summed E-state index contributed by atoms with van der Waals surface area (Å²) in [6, 6.07) is 14.6. The van der Waals surface area contributed by atoms with Gasteiger partial charge in [0.15, 0.2) is 5.54 Å². The molecule has 0 saturated carbocycles. The van der Waals surface area contributed by atoms with E-state index in [2.05, 4.69) is 16.0 Å². The summed E-state index contributed by atoms with van der Waals surface area (Å²) < 4.78 is 29.1. The largest absolute Gasteiger partial charge is 0.325 e. The summed E-state index contributed by atoms with van der Waals surface area (Å²) in [5.74, 6) is -1.02. The third-order valence-corrected chi connectivity index (χ3v) is 9.66. The Hall–Kier alpha value is -3.60. The minimum Gasteiger partial charge on any atom is -0.325 e. The molecule has 0 saturated heterocycles. The minimum atomic E-state index is -4.53. The van der Waals surface area contributed by atoms with E-state index >= 15 is 0 Å². The van der Waals surface area contributed by atoms with Crippen molar-refractivity contribution < 1.29 is 22.8 Å². The van der Waals surface area contributed by atoms with E-state index in [1.807, 2.05) is 13.8 Å². The summed E-state index contributed by atoms with van der Waals surface area (Å²) in [5, 5.41) is 8.19. The number of fused-ring (bicyclic) bond motifs is 1. The number of benzene rings is 3. The molecule has 1 aliphatic heterocycles. The number of nitrogens with zero attached hydrogens (tertiary/aromatic N) is 1. The van der Waals surface area contributed by atoms with Gasteiger partial charge in [0.05, 0.1) is 20.5 Å². The lowest BCUT2D eigenvalue weighted by molar-refractivity contribution is -0.120. The van der Waals surface area contributed by atoms with Crippen molar-refractivity contribution in [1.29, 1.82) is 0 Å². The van der Waals surface area contributed by atoms with Gasteiger partial charge < -0.3 is 20.9 Å². The summed E-state index contributed by atoms with van der Waals surface area (Å²) in [6.45, 7) is 7.98. The molecule has 0 aliphatic carbocycles. The van der Waals surface area contributed by atoms with Gasteiger partial charge in [0.1, 0.15) is 0 Å². The first-order chi connectivity index (χ1) is 19.9. The van der Waals surface area contributed by atoms with Crippen molar-refractivity contribution in [3.05, 3.63) is 81.8 Å². The summed E-state index contributed by atoms with van der Waals surface area (Å²) in [4.78, 5) is 41.0. The molecule has 1 heterocycles. The number of rotatable bonds is 9. The zero-order valence-electron chi connectivity index (χ0n) is 23.6. The van der Waals surface area contributed by atoms with Crippen LogP contribution in [0.3, 0.4) is 0 Å². The minimum absolute atomic E-state index is 0.0448. The van der Waals surface area contributed by atoms with Gasteiger partial charge in [-0.3, -0.25) is 9.59 Å².